The molecule has 37 heavy (non-hydrogen) atoms. The first-order valence-corrected chi connectivity index (χ1v) is 11.8. The molecule has 1 amide bonds. The number of alkyl halides is 2. The van der Waals surface area contributed by atoms with Crippen LogP contribution in [0.3, 0.4) is 0 Å². The van der Waals surface area contributed by atoms with Gasteiger partial charge in [-0.05, 0) is 37.1 Å². The van der Waals surface area contributed by atoms with Crippen molar-refractivity contribution < 1.29 is 18.3 Å². The summed E-state index contributed by atoms with van der Waals surface area (Å²) in [6.07, 6.45) is 4.07. The fourth-order valence-electron chi connectivity index (χ4n) is 4.75. The summed E-state index contributed by atoms with van der Waals surface area (Å²) < 4.78 is 33.9. The molecule has 2 N–H and O–H groups in total. The van der Waals surface area contributed by atoms with Crippen LogP contribution in [0.5, 0.6) is 5.75 Å². The van der Waals surface area contributed by atoms with E-state index in [0.29, 0.717) is 41.9 Å². The highest BCUT2D eigenvalue weighted by Gasteiger charge is 2.28. The fourth-order valence-corrected chi connectivity index (χ4v) is 4.75. The monoisotopic (exact) mass is 508 g/mol. The number of halogens is 2. The number of benzene rings is 2. The molecule has 0 bridgehead atoms. The second-order valence-electron chi connectivity index (χ2n) is 9.21. The molecular weight excluding hydrogens is 482 g/mol. The Morgan fingerprint density at radius 1 is 1.16 bits per heavy atom. The van der Waals surface area contributed by atoms with Crippen molar-refractivity contribution >= 4 is 22.8 Å². The predicted octanol–water partition coefficient (Wildman–Crippen LogP) is 3.07. The van der Waals surface area contributed by atoms with E-state index >= 15 is 0 Å². The minimum atomic E-state index is -2.96. The number of carbonyl (C=O) groups excluding carboxylic acids is 1. The quantitative estimate of drug-likeness (QED) is 0.411. The van der Waals surface area contributed by atoms with Crippen molar-refractivity contribution in [3.63, 3.8) is 0 Å². The van der Waals surface area contributed by atoms with Crippen molar-refractivity contribution in [3.05, 3.63) is 70.3 Å². The van der Waals surface area contributed by atoms with Crippen LogP contribution in [0.25, 0.3) is 22.0 Å². The molecule has 3 heterocycles. The van der Waals surface area contributed by atoms with E-state index < -0.39 is 6.61 Å². The molecule has 1 atom stereocenters. The molecule has 1 fully saturated rings. The number of anilines is 1. The largest absolute Gasteiger partial charge is 0.434 e. The summed E-state index contributed by atoms with van der Waals surface area (Å²) in [6.45, 7) is 0.218. The molecule has 192 valence electrons. The smallest absolute Gasteiger partial charge is 0.387 e. The Morgan fingerprint density at radius 2 is 1.92 bits per heavy atom. The van der Waals surface area contributed by atoms with Crippen molar-refractivity contribution in [1.29, 1.82) is 0 Å². The van der Waals surface area contributed by atoms with Crippen LogP contribution in [0, 0.1) is 12.8 Å². The highest BCUT2D eigenvalue weighted by atomic mass is 19.3. The van der Waals surface area contributed by atoms with Gasteiger partial charge in [0.05, 0.1) is 23.4 Å². The average Bonchev–Trinajstić information content (AvgIpc) is 3.46. The lowest BCUT2D eigenvalue weighted by molar-refractivity contribution is -0.121. The first-order chi connectivity index (χ1) is 17.7. The number of carbonyl (C=O) groups is 1. The highest BCUT2D eigenvalue weighted by molar-refractivity contribution is 5.84. The van der Waals surface area contributed by atoms with E-state index in [1.54, 1.807) is 42.3 Å². The third-order valence-electron chi connectivity index (χ3n) is 6.76. The second kappa shape index (κ2) is 9.64. The van der Waals surface area contributed by atoms with Crippen LogP contribution in [0.1, 0.15) is 17.5 Å². The van der Waals surface area contributed by atoms with Crippen LogP contribution >= 0.6 is 0 Å². The van der Waals surface area contributed by atoms with Crippen molar-refractivity contribution in [3.8, 4) is 16.9 Å². The number of primary amides is 1. The maximum absolute atomic E-state index is 13.0. The zero-order chi connectivity index (χ0) is 26.3. The van der Waals surface area contributed by atoms with Crippen molar-refractivity contribution in [1.82, 2.24) is 19.3 Å². The topological polar surface area (TPSA) is 108 Å². The van der Waals surface area contributed by atoms with Crippen molar-refractivity contribution in [2.24, 2.45) is 18.7 Å². The third-order valence-corrected chi connectivity index (χ3v) is 6.76. The molecule has 1 unspecified atom stereocenters. The van der Waals surface area contributed by atoms with Gasteiger partial charge in [-0.25, -0.2) is 9.97 Å². The van der Waals surface area contributed by atoms with Gasteiger partial charge in [-0.15, -0.1) is 0 Å². The standard InChI is InChI=1S/C26H26F2N6O3/c1-15-3-6-22(37-25(27)28)18(9-15)14-34-21-10-16(4-5-20(21)24(36)32(34)2)19-11-30-26(31-12-19)33-8-7-17(13-33)23(29)35/h3-6,9-12,17,25H,7-8,13-14H2,1-2H3,(H2,29,35). The Hall–Kier alpha value is -4.28. The molecule has 2 aromatic heterocycles. The molecule has 11 heteroatoms. The Kier molecular flexibility index (Phi) is 6.36. The molecule has 1 aliphatic rings. The maximum atomic E-state index is 13.0. The molecule has 0 spiro atoms. The van der Waals surface area contributed by atoms with Crippen LogP contribution in [0.15, 0.2) is 53.6 Å². The lowest BCUT2D eigenvalue weighted by atomic mass is 10.1. The van der Waals surface area contributed by atoms with Crippen LogP contribution < -0.4 is 20.9 Å². The SMILES string of the molecule is Cc1ccc(OC(F)F)c(Cn2c3cc(-c4cnc(N5CCC(C(N)=O)C5)nc4)ccc3c(=O)n2C)c1. The molecule has 1 aliphatic heterocycles. The van der Waals surface area contributed by atoms with E-state index in [9.17, 15) is 18.4 Å². The molecule has 4 aromatic rings. The lowest BCUT2D eigenvalue weighted by Crippen LogP contribution is -2.28. The zero-order valence-electron chi connectivity index (χ0n) is 20.4. The summed E-state index contributed by atoms with van der Waals surface area (Å²) in [7, 11) is 1.64. The van der Waals surface area contributed by atoms with Gasteiger partial charge in [0.25, 0.3) is 5.56 Å². The molecule has 0 aliphatic carbocycles. The number of aryl methyl sites for hydroxylation is 1. The first-order valence-electron chi connectivity index (χ1n) is 11.8. The molecule has 0 saturated carbocycles. The molecule has 5 rings (SSSR count). The molecule has 1 saturated heterocycles. The van der Waals surface area contributed by atoms with E-state index in [4.69, 9.17) is 10.5 Å². The first kappa shape index (κ1) is 24.4. The van der Waals surface area contributed by atoms with Gasteiger partial charge >= 0.3 is 6.61 Å². The van der Waals surface area contributed by atoms with Gasteiger partial charge in [-0.2, -0.15) is 8.78 Å². The van der Waals surface area contributed by atoms with Crippen molar-refractivity contribution in [2.45, 2.75) is 26.5 Å². The number of amides is 1. The van der Waals surface area contributed by atoms with Gasteiger partial charge < -0.3 is 15.4 Å². The summed E-state index contributed by atoms with van der Waals surface area (Å²) in [4.78, 5) is 35.3. The average molecular weight is 509 g/mol. The lowest BCUT2D eigenvalue weighted by Gasteiger charge is -2.16. The Bertz CT molecular complexity index is 1530. The Morgan fingerprint density at radius 3 is 2.59 bits per heavy atom. The summed E-state index contributed by atoms with van der Waals surface area (Å²) in [5, 5.41) is 0.502. The highest BCUT2D eigenvalue weighted by Crippen LogP contribution is 2.28. The minimum absolute atomic E-state index is 0.0653. The number of nitrogens with two attached hydrogens (primary N) is 1. The number of ether oxygens (including phenoxy) is 1. The van der Waals surface area contributed by atoms with Crippen LogP contribution in [0.4, 0.5) is 14.7 Å². The number of fused-ring (bicyclic) bond motifs is 1. The molecular formula is C26H26F2N6O3. The van der Waals surface area contributed by atoms with E-state index in [1.165, 1.54) is 10.7 Å². The second-order valence-corrected chi connectivity index (χ2v) is 9.21. The fraction of sp³-hybridized carbons (Fsp3) is 0.308. The molecule has 2 aromatic carbocycles. The number of nitrogens with zero attached hydrogens (tertiary/aromatic N) is 5. The number of rotatable bonds is 7. The maximum Gasteiger partial charge on any atom is 0.387 e. The number of hydrogen-bond acceptors (Lipinski definition) is 6. The van der Waals surface area contributed by atoms with Gasteiger partial charge in [-0.1, -0.05) is 23.8 Å². The zero-order valence-corrected chi connectivity index (χ0v) is 20.4. The van der Waals surface area contributed by atoms with Gasteiger partial charge in [0.15, 0.2) is 0 Å². The third kappa shape index (κ3) is 4.76. The number of aromatic nitrogens is 4. The minimum Gasteiger partial charge on any atom is -0.434 e. The van der Waals surface area contributed by atoms with Gasteiger partial charge in [0.1, 0.15) is 5.75 Å². The summed E-state index contributed by atoms with van der Waals surface area (Å²) in [6, 6.07) is 10.4. The summed E-state index contributed by atoms with van der Waals surface area (Å²) in [5.41, 5.74) is 8.82. The van der Waals surface area contributed by atoms with E-state index in [2.05, 4.69) is 9.97 Å². The van der Waals surface area contributed by atoms with E-state index in [0.717, 1.165) is 16.7 Å². The Balaban J connectivity index is 1.48. The van der Waals surface area contributed by atoms with E-state index in [1.807, 2.05) is 24.0 Å². The van der Waals surface area contributed by atoms with Gasteiger partial charge in [0, 0.05) is 43.7 Å². The number of hydrogen-bond donors (Lipinski definition) is 1. The van der Waals surface area contributed by atoms with Crippen molar-refractivity contribution in [2.75, 3.05) is 18.0 Å². The molecule has 0 radical (unpaired) electrons. The molecule has 9 nitrogen and oxygen atoms in total. The van der Waals surface area contributed by atoms with Crippen LogP contribution in [0.2, 0.25) is 0 Å². The van der Waals surface area contributed by atoms with Gasteiger partial charge in [0.2, 0.25) is 11.9 Å². The predicted molar refractivity (Wildman–Crippen MR) is 135 cm³/mol. The summed E-state index contributed by atoms with van der Waals surface area (Å²) >= 11 is 0. The van der Waals surface area contributed by atoms with Crippen LogP contribution in [-0.2, 0) is 18.4 Å². The summed E-state index contributed by atoms with van der Waals surface area (Å²) in [5.74, 6) is 0.0622. The normalized spacial score (nSPS) is 15.6. The Labute approximate surface area is 211 Å². The van der Waals surface area contributed by atoms with Crippen LogP contribution in [-0.4, -0.2) is 44.9 Å². The van der Waals surface area contributed by atoms with Gasteiger partial charge in [-0.3, -0.25) is 19.0 Å². The van der Waals surface area contributed by atoms with E-state index in [-0.39, 0.29) is 29.7 Å².